The zero-order valence-electron chi connectivity index (χ0n) is 32.1. The Bertz CT molecular complexity index is 1870. The van der Waals surface area contributed by atoms with Gasteiger partial charge in [0.2, 0.25) is 12.6 Å². The summed E-state index contributed by atoms with van der Waals surface area (Å²) in [6, 6.07) is 20.3. The van der Waals surface area contributed by atoms with Crippen LogP contribution in [0, 0.1) is 13.8 Å². The maximum Gasteiger partial charge on any atom is 0.206 e. The molecule has 0 amide bonds. The van der Waals surface area contributed by atoms with E-state index in [0.717, 1.165) is 0 Å². The van der Waals surface area contributed by atoms with Crippen molar-refractivity contribution in [3.05, 3.63) is 58.3 Å². The Morgan fingerprint density at radius 3 is 1.06 bits per heavy atom. The lowest BCUT2D eigenvalue weighted by atomic mass is 9.53. The third kappa shape index (κ3) is 4.31. The first-order valence-electron chi connectivity index (χ1n) is 18.9. The fourth-order valence-corrected chi connectivity index (χ4v) is 30.2. The van der Waals surface area contributed by atoms with E-state index in [0.29, 0.717) is 45.9 Å². The summed E-state index contributed by atoms with van der Waals surface area (Å²) >= 11 is 4.16. The number of fused-ring (bicyclic) bond motifs is 6. The van der Waals surface area contributed by atoms with E-state index in [1.165, 1.54) is 20.5 Å². The molecule has 0 atom stereocenters. The van der Waals surface area contributed by atoms with E-state index in [9.17, 15) is 0 Å². The lowest BCUT2D eigenvalue weighted by molar-refractivity contribution is 0.845. The average molecular weight is 703 g/mol. The predicted octanol–water partition coefficient (Wildman–Crippen LogP) is 11.4. The summed E-state index contributed by atoms with van der Waals surface area (Å²) in [5, 5.41) is 6.17. The molecule has 0 bridgehead atoms. The third-order valence-electron chi connectivity index (χ3n) is 13.7. The van der Waals surface area contributed by atoms with Crippen LogP contribution in [0.25, 0.3) is 42.4 Å². The quantitative estimate of drug-likeness (QED) is 0.112. The monoisotopic (exact) mass is 702 g/mol. The molecule has 0 spiro atoms. The number of hydrogen-bond acceptors (Lipinski definition) is 2. The van der Waals surface area contributed by atoms with E-state index in [2.05, 4.69) is 168 Å². The van der Waals surface area contributed by atoms with Crippen LogP contribution in [0.3, 0.4) is 0 Å². The summed E-state index contributed by atoms with van der Waals surface area (Å²) in [5.41, 5.74) is 13.8. The molecular weight excluding hydrogens is 646 g/mol. The topological polar surface area (TPSA) is 0 Å². The molecule has 48 heavy (non-hydrogen) atoms. The number of benzene rings is 3. The second kappa shape index (κ2) is 11.9. The van der Waals surface area contributed by atoms with Crippen LogP contribution in [0.1, 0.15) is 92.8 Å². The van der Waals surface area contributed by atoms with Crippen LogP contribution in [0.4, 0.5) is 0 Å². The fourth-order valence-electron chi connectivity index (χ4n) is 12.6. The second-order valence-corrected chi connectivity index (χ2v) is 32.0. The van der Waals surface area contributed by atoms with Crippen LogP contribution in [0.15, 0.2) is 48.5 Å². The van der Waals surface area contributed by atoms with Crippen molar-refractivity contribution in [3.63, 3.8) is 0 Å². The van der Waals surface area contributed by atoms with Gasteiger partial charge in [-0.15, -0.1) is 22.7 Å². The van der Waals surface area contributed by atoms with Crippen molar-refractivity contribution < 1.29 is 0 Å². The second-order valence-electron chi connectivity index (χ2n) is 17.4. The molecule has 4 heterocycles. The highest BCUT2D eigenvalue weighted by molar-refractivity contribution is 7.46. The van der Waals surface area contributed by atoms with Gasteiger partial charge in [0.25, 0.3) is 0 Å². The highest BCUT2D eigenvalue weighted by Gasteiger charge is 2.57. The largest absolute Gasteiger partial charge is 0.206 e. The molecule has 2 aliphatic rings. The predicted molar refractivity (Wildman–Crippen MR) is 230 cm³/mol. The van der Waals surface area contributed by atoms with Crippen molar-refractivity contribution in [1.82, 2.24) is 0 Å². The highest BCUT2D eigenvalue weighted by atomic mass is 32.1. The standard InChI is InChI=1S/C42H56B2S2Si2/c1-23(2)47(24(3)4,25(5)6)43-33-19-15-17-31-37(33)39(41-35(43)21-29(13)45-41)32-18-16-20-34-38(32)40(31)42-36(22-30(14)46-42)44(34)48(26(7)8,27(9)10)28(11)12/h15-28H,1-14H3. The van der Waals surface area contributed by atoms with Gasteiger partial charge in [0, 0.05) is 46.5 Å². The number of rotatable bonds is 8. The number of hydrogen-bond donors (Lipinski definition) is 0. The minimum absolute atomic E-state index is 0.505. The summed E-state index contributed by atoms with van der Waals surface area (Å²) in [6.45, 7) is 35.5. The Labute approximate surface area is 302 Å². The van der Waals surface area contributed by atoms with Crippen LogP contribution >= 0.6 is 22.7 Å². The van der Waals surface area contributed by atoms with E-state index in [-0.39, 0.29) is 0 Å². The van der Waals surface area contributed by atoms with Crippen molar-refractivity contribution in [1.29, 1.82) is 0 Å². The maximum atomic E-state index is 2.62. The van der Waals surface area contributed by atoms with E-state index in [1.54, 1.807) is 53.5 Å². The Kier molecular flexibility index (Phi) is 8.54. The molecule has 0 saturated heterocycles. The molecule has 250 valence electrons. The van der Waals surface area contributed by atoms with Gasteiger partial charge in [0.05, 0.1) is 0 Å². The average Bonchev–Trinajstić information content (AvgIpc) is 3.57. The molecule has 0 nitrogen and oxygen atoms in total. The molecule has 0 unspecified atom stereocenters. The van der Waals surface area contributed by atoms with Crippen LogP contribution in [-0.4, -0.2) is 28.5 Å². The summed E-state index contributed by atoms with van der Waals surface area (Å²) in [6.07, 6.45) is 1.01. The molecular formula is C42H56B2S2Si2. The maximum absolute atomic E-state index is 2.62. The lowest BCUT2D eigenvalue weighted by Crippen LogP contribution is -2.70. The zero-order chi connectivity index (χ0) is 34.8. The molecule has 0 aliphatic carbocycles. The summed E-state index contributed by atoms with van der Waals surface area (Å²) in [7, 11) is -3.85. The van der Waals surface area contributed by atoms with Crippen molar-refractivity contribution in [3.8, 4) is 20.9 Å². The fraction of sp³-hybridized carbons (Fsp3) is 0.476. The Hall–Kier alpha value is -1.86. The third-order valence-corrected chi connectivity index (χ3v) is 31.1. The van der Waals surface area contributed by atoms with Crippen LogP contribution in [0.5, 0.6) is 0 Å². The van der Waals surface area contributed by atoms with Crippen LogP contribution < -0.4 is 21.9 Å². The Balaban J connectivity index is 1.71. The van der Waals surface area contributed by atoms with Gasteiger partial charge < -0.3 is 0 Å². The first-order chi connectivity index (χ1) is 22.6. The smallest absolute Gasteiger partial charge is 0.141 e. The van der Waals surface area contributed by atoms with Gasteiger partial charge >= 0.3 is 0 Å². The molecule has 5 aromatic rings. The molecule has 3 aromatic carbocycles. The van der Waals surface area contributed by atoms with Gasteiger partial charge in [-0.3, -0.25) is 0 Å². The Morgan fingerprint density at radius 1 is 0.458 bits per heavy atom. The van der Waals surface area contributed by atoms with Crippen molar-refractivity contribution >= 4 is 94.6 Å². The van der Waals surface area contributed by atoms with Gasteiger partial charge in [-0.2, -0.15) is 0 Å². The van der Waals surface area contributed by atoms with E-state index in [4.69, 9.17) is 0 Å². The van der Waals surface area contributed by atoms with E-state index < -0.39 is 15.9 Å². The van der Waals surface area contributed by atoms with Gasteiger partial charge in [-0.05, 0) is 35.4 Å². The number of aryl methyl sites for hydroxylation is 2. The van der Waals surface area contributed by atoms with Crippen LogP contribution in [-0.2, 0) is 0 Å². The van der Waals surface area contributed by atoms with Crippen LogP contribution in [0.2, 0.25) is 33.2 Å². The lowest BCUT2D eigenvalue weighted by Gasteiger charge is -2.50. The molecule has 0 N–H and O–H groups in total. The van der Waals surface area contributed by atoms with Gasteiger partial charge in [0.15, 0.2) is 0 Å². The highest BCUT2D eigenvalue weighted by Crippen LogP contribution is 2.53. The molecule has 2 aliphatic heterocycles. The summed E-state index contributed by atoms with van der Waals surface area (Å²) in [4.78, 5) is 6.08. The summed E-state index contributed by atoms with van der Waals surface area (Å²) in [5.74, 6) is 0. The molecule has 0 saturated carbocycles. The van der Waals surface area contributed by atoms with E-state index >= 15 is 0 Å². The number of thiophene rings is 2. The summed E-state index contributed by atoms with van der Waals surface area (Å²) < 4.78 is 0. The van der Waals surface area contributed by atoms with Crippen molar-refractivity contribution in [2.24, 2.45) is 0 Å². The first-order valence-corrected chi connectivity index (χ1v) is 25.1. The van der Waals surface area contributed by atoms with Gasteiger partial charge in [0.1, 0.15) is 0 Å². The molecule has 2 aromatic heterocycles. The SMILES string of the molecule is Cc1cc2c(s1)-c1c3cccc4c3c(c3cccc(c13)B2[Si](C(C)C)(C(C)C)C(C)C)-c1sc(C)cc1B4[Si](C(C)C)(C(C)C)C(C)C. The van der Waals surface area contributed by atoms with Crippen molar-refractivity contribution in [2.75, 3.05) is 0 Å². The zero-order valence-corrected chi connectivity index (χ0v) is 35.7. The molecule has 0 fully saturated rings. The van der Waals surface area contributed by atoms with Crippen molar-refractivity contribution in [2.45, 2.75) is 130 Å². The molecule has 6 heteroatoms. The molecule has 7 rings (SSSR count). The normalized spacial score (nSPS) is 14.7. The van der Waals surface area contributed by atoms with E-state index in [1.807, 2.05) is 0 Å². The van der Waals surface area contributed by atoms with Gasteiger partial charge in [-0.25, -0.2) is 0 Å². The molecule has 0 radical (unpaired) electrons. The van der Waals surface area contributed by atoms with Gasteiger partial charge in [-0.1, -0.05) is 187 Å². The Morgan fingerprint density at radius 2 is 0.771 bits per heavy atom. The minimum atomic E-state index is -1.93. The minimum Gasteiger partial charge on any atom is -0.141 e. The first kappa shape index (κ1) is 34.6.